The van der Waals surface area contributed by atoms with E-state index in [0.29, 0.717) is 0 Å². The van der Waals surface area contributed by atoms with Gasteiger partial charge in [-0.3, -0.25) is 4.98 Å². The van der Waals surface area contributed by atoms with Crippen LogP contribution in [0, 0.1) is 0 Å². The Balaban J connectivity index is 2.07. The van der Waals surface area contributed by atoms with Gasteiger partial charge in [-0.05, 0) is 30.2 Å². The number of nitrogens with zero attached hydrogens (tertiary/aromatic N) is 1. The molecule has 18 heavy (non-hydrogen) atoms. The minimum atomic E-state index is -0.0469. The second-order valence-corrected chi connectivity index (χ2v) is 4.31. The van der Waals surface area contributed by atoms with Crippen molar-refractivity contribution >= 4 is 0 Å². The molecule has 0 bridgehead atoms. The lowest BCUT2D eigenvalue weighted by molar-refractivity contribution is 0.235. The summed E-state index contributed by atoms with van der Waals surface area (Å²) >= 11 is 0. The molecule has 0 aliphatic carbocycles. The number of hydrogen-bond acceptors (Lipinski definition) is 3. The first-order valence-corrected chi connectivity index (χ1v) is 6.13. The molecule has 3 nitrogen and oxygen atoms in total. The molecule has 2 rings (SSSR count). The normalized spacial score (nSPS) is 14.1. The number of benzene rings is 1. The van der Waals surface area contributed by atoms with E-state index in [-0.39, 0.29) is 18.7 Å². The van der Waals surface area contributed by atoms with Crippen LogP contribution in [0.15, 0.2) is 54.9 Å². The Labute approximate surface area is 108 Å². The summed E-state index contributed by atoms with van der Waals surface area (Å²) in [6.07, 6.45) is 3.56. The molecular formula is C15H18N2O. The van der Waals surface area contributed by atoms with E-state index in [1.54, 1.807) is 12.4 Å². The Morgan fingerprint density at radius 3 is 2.33 bits per heavy atom. The van der Waals surface area contributed by atoms with Crippen LogP contribution in [0.25, 0.3) is 0 Å². The highest BCUT2D eigenvalue weighted by molar-refractivity contribution is 5.21. The highest BCUT2D eigenvalue weighted by Crippen LogP contribution is 2.18. The van der Waals surface area contributed by atoms with Crippen LogP contribution in [0.2, 0.25) is 0 Å². The summed E-state index contributed by atoms with van der Waals surface area (Å²) in [5.41, 5.74) is 2.26. The monoisotopic (exact) mass is 242 g/mol. The molecule has 0 fully saturated rings. The number of hydrogen-bond donors (Lipinski definition) is 2. The third kappa shape index (κ3) is 3.15. The second-order valence-electron chi connectivity index (χ2n) is 4.31. The lowest BCUT2D eigenvalue weighted by atomic mass is 10.0. The van der Waals surface area contributed by atoms with Crippen molar-refractivity contribution in [1.82, 2.24) is 10.3 Å². The van der Waals surface area contributed by atoms with Crippen LogP contribution in [-0.4, -0.2) is 16.7 Å². The third-order valence-corrected chi connectivity index (χ3v) is 3.04. The molecule has 0 aliphatic heterocycles. The molecule has 2 N–H and O–H groups in total. The molecule has 0 radical (unpaired) electrons. The van der Waals surface area contributed by atoms with Crippen molar-refractivity contribution < 1.29 is 5.11 Å². The minimum Gasteiger partial charge on any atom is -0.394 e. The molecule has 1 aromatic heterocycles. The van der Waals surface area contributed by atoms with Crippen molar-refractivity contribution in [2.75, 3.05) is 6.61 Å². The van der Waals surface area contributed by atoms with Crippen LogP contribution in [0.1, 0.15) is 30.1 Å². The maximum Gasteiger partial charge on any atom is 0.0626 e. The zero-order chi connectivity index (χ0) is 12.8. The molecule has 0 saturated heterocycles. The van der Waals surface area contributed by atoms with Gasteiger partial charge in [0, 0.05) is 18.4 Å². The molecular weight excluding hydrogens is 224 g/mol. The van der Waals surface area contributed by atoms with Gasteiger partial charge >= 0.3 is 0 Å². The molecule has 94 valence electrons. The fourth-order valence-corrected chi connectivity index (χ4v) is 1.99. The van der Waals surface area contributed by atoms with Gasteiger partial charge < -0.3 is 10.4 Å². The highest BCUT2D eigenvalue weighted by Gasteiger charge is 2.13. The van der Waals surface area contributed by atoms with E-state index in [1.165, 1.54) is 5.56 Å². The van der Waals surface area contributed by atoms with Crippen molar-refractivity contribution in [3.05, 3.63) is 66.0 Å². The van der Waals surface area contributed by atoms with Crippen molar-refractivity contribution in [1.29, 1.82) is 0 Å². The fraction of sp³-hybridized carbons (Fsp3) is 0.267. The van der Waals surface area contributed by atoms with E-state index in [0.717, 1.165) is 5.56 Å². The largest absolute Gasteiger partial charge is 0.394 e. The summed E-state index contributed by atoms with van der Waals surface area (Å²) in [4.78, 5) is 4.01. The summed E-state index contributed by atoms with van der Waals surface area (Å²) in [7, 11) is 0. The number of nitrogens with one attached hydrogen (secondary N) is 1. The zero-order valence-corrected chi connectivity index (χ0v) is 10.5. The smallest absolute Gasteiger partial charge is 0.0626 e. The van der Waals surface area contributed by atoms with Crippen LogP contribution in [0.3, 0.4) is 0 Å². The molecule has 2 aromatic rings. The van der Waals surface area contributed by atoms with Crippen LogP contribution >= 0.6 is 0 Å². The quantitative estimate of drug-likeness (QED) is 0.846. The molecule has 0 amide bonds. The van der Waals surface area contributed by atoms with Crippen molar-refractivity contribution in [2.24, 2.45) is 0 Å². The average molecular weight is 242 g/mol. The standard InChI is InChI=1S/C15H18N2O/c1-12(13-7-9-16-10-8-13)17-15(11-18)14-5-3-2-4-6-14/h2-10,12,15,17-18H,11H2,1H3/t12?,15-/m1/s1. The SMILES string of the molecule is CC(N[C@H](CO)c1ccccc1)c1ccncc1. The molecule has 1 unspecified atom stereocenters. The maximum atomic E-state index is 9.50. The summed E-state index contributed by atoms with van der Waals surface area (Å²) in [6, 6.07) is 14.1. The topological polar surface area (TPSA) is 45.1 Å². The zero-order valence-electron chi connectivity index (χ0n) is 10.5. The lowest BCUT2D eigenvalue weighted by Crippen LogP contribution is -2.27. The van der Waals surface area contributed by atoms with E-state index < -0.39 is 0 Å². The third-order valence-electron chi connectivity index (χ3n) is 3.04. The highest BCUT2D eigenvalue weighted by atomic mass is 16.3. The number of pyridine rings is 1. The lowest BCUT2D eigenvalue weighted by Gasteiger charge is -2.22. The average Bonchev–Trinajstić information content (AvgIpc) is 2.46. The van der Waals surface area contributed by atoms with E-state index >= 15 is 0 Å². The van der Waals surface area contributed by atoms with Crippen molar-refractivity contribution in [2.45, 2.75) is 19.0 Å². The first kappa shape index (κ1) is 12.7. The fourth-order valence-electron chi connectivity index (χ4n) is 1.99. The van der Waals surface area contributed by atoms with Gasteiger partial charge in [-0.2, -0.15) is 0 Å². The Kier molecular flexibility index (Phi) is 4.45. The molecule has 2 atom stereocenters. The Morgan fingerprint density at radius 2 is 1.72 bits per heavy atom. The van der Waals surface area contributed by atoms with Crippen LogP contribution < -0.4 is 5.32 Å². The van der Waals surface area contributed by atoms with Gasteiger partial charge in [-0.15, -0.1) is 0 Å². The predicted molar refractivity (Wildman–Crippen MR) is 72.1 cm³/mol. The Bertz CT molecular complexity index is 458. The van der Waals surface area contributed by atoms with Crippen LogP contribution in [0.4, 0.5) is 0 Å². The predicted octanol–water partition coefficient (Wildman–Crippen LogP) is 2.47. The molecule has 3 heteroatoms. The van der Waals surface area contributed by atoms with Crippen LogP contribution in [0.5, 0.6) is 0 Å². The molecule has 0 aliphatic rings. The summed E-state index contributed by atoms with van der Waals surface area (Å²) in [5, 5.41) is 12.9. The molecule has 1 aromatic carbocycles. The van der Waals surface area contributed by atoms with E-state index in [2.05, 4.69) is 17.2 Å². The molecule has 0 saturated carbocycles. The van der Waals surface area contributed by atoms with Gasteiger partial charge in [-0.25, -0.2) is 0 Å². The van der Waals surface area contributed by atoms with Gasteiger partial charge in [0.2, 0.25) is 0 Å². The summed E-state index contributed by atoms with van der Waals surface area (Å²) in [5.74, 6) is 0. The van der Waals surface area contributed by atoms with Crippen LogP contribution in [-0.2, 0) is 0 Å². The minimum absolute atomic E-state index is 0.0469. The number of rotatable bonds is 5. The van der Waals surface area contributed by atoms with Crippen molar-refractivity contribution in [3.63, 3.8) is 0 Å². The van der Waals surface area contributed by atoms with Gasteiger partial charge in [0.25, 0.3) is 0 Å². The summed E-state index contributed by atoms with van der Waals surface area (Å²) in [6.45, 7) is 2.17. The molecule has 0 spiro atoms. The first-order chi connectivity index (χ1) is 8.81. The summed E-state index contributed by atoms with van der Waals surface area (Å²) < 4.78 is 0. The van der Waals surface area contributed by atoms with Gasteiger partial charge in [0.1, 0.15) is 0 Å². The van der Waals surface area contributed by atoms with Gasteiger partial charge in [0.05, 0.1) is 12.6 Å². The van der Waals surface area contributed by atoms with E-state index in [4.69, 9.17) is 0 Å². The number of aromatic nitrogens is 1. The van der Waals surface area contributed by atoms with E-state index in [9.17, 15) is 5.11 Å². The number of aliphatic hydroxyl groups excluding tert-OH is 1. The molecule has 1 heterocycles. The first-order valence-electron chi connectivity index (χ1n) is 6.13. The number of aliphatic hydroxyl groups is 1. The van der Waals surface area contributed by atoms with Gasteiger partial charge in [-0.1, -0.05) is 30.3 Å². The Morgan fingerprint density at radius 1 is 1.06 bits per heavy atom. The van der Waals surface area contributed by atoms with Crippen molar-refractivity contribution in [3.8, 4) is 0 Å². The van der Waals surface area contributed by atoms with Gasteiger partial charge in [0.15, 0.2) is 0 Å². The Hall–Kier alpha value is -1.71. The maximum absolute atomic E-state index is 9.50. The second kappa shape index (κ2) is 6.28. The van der Waals surface area contributed by atoms with E-state index in [1.807, 2.05) is 42.5 Å².